The second kappa shape index (κ2) is 4.80. The van der Waals surface area contributed by atoms with Crippen molar-refractivity contribution in [1.82, 2.24) is 4.98 Å². The van der Waals surface area contributed by atoms with Gasteiger partial charge in [-0.05, 0) is 22.0 Å². The zero-order valence-corrected chi connectivity index (χ0v) is 10.9. The molecule has 0 bridgehead atoms. The van der Waals surface area contributed by atoms with Crippen molar-refractivity contribution in [3.63, 3.8) is 0 Å². The van der Waals surface area contributed by atoms with E-state index < -0.39 is 26.1 Å². The minimum Gasteiger partial charge on any atom is -0.492 e. The predicted molar refractivity (Wildman–Crippen MR) is 56.5 cm³/mol. The lowest BCUT2D eigenvalue weighted by molar-refractivity contribution is 0.145. The van der Waals surface area contributed by atoms with Gasteiger partial charge in [-0.2, -0.15) is 0 Å². The summed E-state index contributed by atoms with van der Waals surface area (Å²) in [6, 6.07) is 0.677. The summed E-state index contributed by atoms with van der Waals surface area (Å²) in [6.45, 7) is 0. The molecule has 0 spiro atoms. The molecule has 0 fully saturated rings. The van der Waals surface area contributed by atoms with Gasteiger partial charge in [0.1, 0.15) is 15.2 Å². The van der Waals surface area contributed by atoms with Gasteiger partial charge in [-0.15, -0.1) is 0 Å². The van der Waals surface area contributed by atoms with Crippen molar-refractivity contribution in [2.75, 3.05) is 7.11 Å². The number of rotatable bonds is 3. The molecule has 0 aliphatic heterocycles. The number of ether oxygens (including phenoxy) is 1. The van der Waals surface area contributed by atoms with Crippen LogP contribution in [0.15, 0.2) is 15.6 Å². The highest BCUT2D eigenvalue weighted by molar-refractivity contribution is 9.10. The molecule has 4 nitrogen and oxygen atoms in total. The number of alkyl halides is 2. The summed E-state index contributed by atoms with van der Waals surface area (Å²) in [6.07, 6.45) is -2.90. The van der Waals surface area contributed by atoms with Crippen molar-refractivity contribution in [3.05, 3.63) is 16.4 Å². The van der Waals surface area contributed by atoms with Crippen molar-refractivity contribution < 1.29 is 21.9 Å². The second-order valence-corrected chi connectivity index (χ2v) is 5.89. The molecule has 0 amide bonds. The molecular weight excluding hydrogens is 332 g/mol. The number of halogens is 4. The summed E-state index contributed by atoms with van der Waals surface area (Å²) in [5.74, 6) is -0.209. The van der Waals surface area contributed by atoms with Crippen LogP contribution in [0.5, 0.6) is 5.75 Å². The van der Waals surface area contributed by atoms with E-state index in [1.807, 2.05) is 0 Å². The average molecular weight is 337 g/mol. The van der Waals surface area contributed by atoms with Crippen LogP contribution < -0.4 is 4.74 Å². The van der Waals surface area contributed by atoms with Gasteiger partial charge >= 0.3 is 0 Å². The van der Waals surface area contributed by atoms with Gasteiger partial charge in [-0.25, -0.2) is 22.2 Å². The van der Waals surface area contributed by atoms with Crippen LogP contribution in [-0.2, 0) is 9.05 Å². The van der Waals surface area contributed by atoms with E-state index >= 15 is 0 Å². The largest absolute Gasteiger partial charge is 0.492 e. The third-order valence-electron chi connectivity index (χ3n) is 1.61. The van der Waals surface area contributed by atoms with E-state index in [4.69, 9.17) is 15.4 Å². The van der Waals surface area contributed by atoms with Crippen LogP contribution in [0.3, 0.4) is 0 Å². The Morgan fingerprint density at radius 1 is 1.56 bits per heavy atom. The van der Waals surface area contributed by atoms with Gasteiger partial charge in [-0.3, -0.25) is 0 Å². The van der Waals surface area contributed by atoms with E-state index in [1.165, 1.54) is 7.11 Å². The standard InChI is InChI=1S/C7H5BrClF2NO3S/c1-15-5-4(16(9,13)14)2-3(7(10)11)12-6(5)8/h2,7H,1H3. The molecule has 1 aromatic rings. The number of hydrogen-bond acceptors (Lipinski definition) is 4. The summed E-state index contributed by atoms with van der Waals surface area (Å²) < 4.78 is 51.6. The Morgan fingerprint density at radius 2 is 2.12 bits per heavy atom. The minimum atomic E-state index is -4.18. The molecule has 0 radical (unpaired) electrons. The van der Waals surface area contributed by atoms with Crippen molar-refractivity contribution >= 4 is 35.7 Å². The smallest absolute Gasteiger partial charge is 0.280 e. The van der Waals surface area contributed by atoms with Gasteiger partial charge in [0.2, 0.25) is 0 Å². The fourth-order valence-electron chi connectivity index (χ4n) is 0.976. The van der Waals surface area contributed by atoms with E-state index in [0.717, 1.165) is 0 Å². The molecule has 1 rings (SSSR count). The molecule has 1 heterocycles. The highest BCUT2D eigenvalue weighted by atomic mass is 79.9. The zero-order valence-electron chi connectivity index (χ0n) is 7.75. The molecule has 1 aromatic heterocycles. The monoisotopic (exact) mass is 335 g/mol. The normalized spacial score (nSPS) is 11.9. The van der Waals surface area contributed by atoms with Crippen LogP contribution in [0.1, 0.15) is 12.1 Å². The molecule has 0 unspecified atom stereocenters. The van der Waals surface area contributed by atoms with E-state index in [-0.39, 0.29) is 10.4 Å². The Labute approximate surface area is 103 Å². The van der Waals surface area contributed by atoms with Crippen LogP contribution >= 0.6 is 26.6 Å². The third kappa shape index (κ3) is 2.80. The molecule has 9 heteroatoms. The van der Waals surface area contributed by atoms with Gasteiger partial charge in [0, 0.05) is 10.7 Å². The Hall–Kier alpha value is -0.470. The first-order chi connectivity index (χ1) is 7.27. The van der Waals surface area contributed by atoms with E-state index in [0.29, 0.717) is 6.07 Å². The second-order valence-electron chi connectivity index (χ2n) is 2.61. The topological polar surface area (TPSA) is 56.3 Å². The molecule has 0 atom stereocenters. The zero-order chi connectivity index (χ0) is 12.5. The maximum atomic E-state index is 12.4. The van der Waals surface area contributed by atoms with Gasteiger partial charge in [-0.1, -0.05) is 0 Å². The van der Waals surface area contributed by atoms with Crippen LogP contribution in [0, 0.1) is 0 Å². The summed E-state index contributed by atoms with van der Waals surface area (Å²) in [5.41, 5.74) is -0.702. The first-order valence-corrected chi connectivity index (χ1v) is 6.85. The highest BCUT2D eigenvalue weighted by Crippen LogP contribution is 2.35. The molecule has 90 valence electrons. The van der Waals surface area contributed by atoms with Crippen LogP contribution in [0.2, 0.25) is 0 Å². The molecule has 0 saturated heterocycles. The lowest BCUT2D eigenvalue weighted by atomic mass is 10.3. The SMILES string of the molecule is COc1c(S(=O)(=O)Cl)cc(C(F)F)nc1Br. The number of pyridine rings is 1. The number of nitrogens with zero attached hydrogens (tertiary/aromatic N) is 1. The van der Waals surface area contributed by atoms with Crippen molar-refractivity contribution in [1.29, 1.82) is 0 Å². The van der Waals surface area contributed by atoms with Gasteiger partial charge in [0.15, 0.2) is 5.75 Å². The maximum Gasteiger partial charge on any atom is 0.280 e. The fraction of sp³-hybridized carbons (Fsp3) is 0.286. The van der Waals surface area contributed by atoms with E-state index in [2.05, 4.69) is 20.9 Å². The first kappa shape index (κ1) is 13.6. The minimum absolute atomic E-state index is 0.146. The number of methoxy groups -OCH3 is 1. The summed E-state index contributed by atoms with van der Waals surface area (Å²) in [4.78, 5) is 2.89. The molecule has 0 saturated carbocycles. The molecule has 0 aliphatic rings. The Balaban J connectivity index is 3.56. The lowest BCUT2D eigenvalue weighted by Crippen LogP contribution is -2.02. The van der Waals surface area contributed by atoms with Gasteiger partial charge in [0.25, 0.3) is 15.5 Å². The molecule has 0 N–H and O–H groups in total. The summed E-state index contributed by atoms with van der Waals surface area (Å²) in [5, 5.41) is 0. The van der Waals surface area contributed by atoms with Crippen molar-refractivity contribution in [2.45, 2.75) is 11.3 Å². The van der Waals surface area contributed by atoms with Crippen LogP contribution in [-0.4, -0.2) is 20.5 Å². The van der Waals surface area contributed by atoms with Crippen LogP contribution in [0.25, 0.3) is 0 Å². The Bertz CT molecular complexity index is 509. The van der Waals surface area contributed by atoms with Crippen molar-refractivity contribution in [3.8, 4) is 5.75 Å². The number of hydrogen-bond donors (Lipinski definition) is 0. The Kier molecular flexibility index (Phi) is 4.08. The molecular formula is C7H5BrClF2NO3S. The van der Waals surface area contributed by atoms with E-state index in [9.17, 15) is 17.2 Å². The van der Waals surface area contributed by atoms with Crippen molar-refractivity contribution in [2.24, 2.45) is 0 Å². The predicted octanol–water partition coefficient (Wildman–Crippen LogP) is 2.72. The van der Waals surface area contributed by atoms with Gasteiger partial charge in [0.05, 0.1) is 7.11 Å². The quantitative estimate of drug-likeness (QED) is 0.629. The first-order valence-electron chi connectivity index (χ1n) is 3.74. The average Bonchev–Trinajstić information content (AvgIpc) is 2.14. The molecule has 0 aromatic carbocycles. The fourth-order valence-corrected chi connectivity index (χ4v) is 2.69. The summed E-state index contributed by atoms with van der Waals surface area (Å²) >= 11 is 2.83. The molecule has 0 aliphatic carbocycles. The lowest BCUT2D eigenvalue weighted by Gasteiger charge is -2.09. The van der Waals surface area contributed by atoms with Crippen LogP contribution in [0.4, 0.5) is 8.78 Å². The number of aromatic nitrogens is 1. The third-order valence-corrected chi connectivity index (χ3v) is 3.47. The van der Waals surface area contributed by atoms with E-state index in [1.54, 1.807) is 0 Å². The Morgan fingerprint density at radius 3 is 2.50 bits per heavy atom. The summed E-state index contributed by atoms with van der Waals surface area (Å²) in [7, 11) is 2.09. The maximum absolute atomic E-state index is 12.4. The van der Waals surface area contributed by atoms with Gasteiger partial charge < -0.3 is 4.74 Å². The highest BCUT2D eigenvalue weighted by Gasteiger charge is 2.24. The molecule has 16 heavy (non-hydrogen) atoms.